The van der Waals surface area contributed by atoms with E-state index in [4.69, 9.17) is 19.9 Å². The van der Waals surface area contributed by atoms with Gasteiger partial charge in [-0.15, -0.1) is 0 Å². The number of nitrogens with two attached hydrogens (primary N) is 1. The molecular weight excluding hydrogens is 248 g/mol. The normalized spacial score (nSPS) is 16.5. The molecule has 1 aliphatic heterocycles. The molecule has 1 aliphatic rings. The molecule has 0 spiro atoms. The van der Waals surface area contributed by atoms with Gasteiger partial charge in [-0.3, -0.25) is 4.79 Å². The number of nitrogen functional groups attached to an aromatic ring is 1. The van der Waals surface area contributed by atoms with Crippen molar-refractivity contribution < 1.29 is 19.0 Å². The Morgan fingerprint density at radius 2 is 2.26 bits per heavy atom. The van der Waals surface area contributed by atoms with Crippen molar-refractivity contribution in [1.29, 1.82) is 0 Å². The molecule has 0 saturated carbocycles. The van der Waals surface area contributed by atoms with Crippen LogP contribution in [-0.2, 0) is 14.3 Å². The van der Waals surface area contributed by atoms with Gasteiger partial charge in [0.1, 0.15) is 18.0 Å². The second-order valence-corrected chi connectivity index (χ2v) is 4.39. The third kappa shape index (κ3) is 3.36. The lowest BCUT2D eigenvalue weighted by atomic mass is 10.2. The predicted molar refractivity (Wildman–Crippen MR) is 71.2 cm³/mol. The van der Waals surface area contributed by atoms with Gasteiger partial charge in [0.15, 0.2) is 0 Å². The van der Waals surface area contributed by atoms with Crippen molar-refractivity contribution in [2.75, 3.05) is 31.4 Å². The number of benzene rings is 1. The summed E-state index contributed by atoms with van der Waals surface area (Å²) in [6.07, 6.45) is -0.552. The van der Waals surface area contributed by atoms with Crippen LogP contribution in [0.15, 0.2) is 18.2 Å². The fourth-order valence-corrected chi connectivity index (χ4v) is 1.70. The van der Waals surface area contributed by atoms with Gasteiger partial charge in [0.25, 0.3) is 5.91 Å². The highest BCUT2D eigenvalue weighted by Gasteiger charge is 2.25. The van der Waals surface area contributed by atoms with Gasteiger partial charge < -0.3 is 25.3 Å². The first-order valence-corrected chi connectivity index (χ1v) is 6.07. The topological polar surface area (TPSA) is 82.8 Å². The van der Waals surface area contributed by atoms with Crippen LogP contribution in [0.5, 0.6) is 5.75 Å². The molecule has 6 nitrogen and oxygen atoms in total. The van der Waals surface area contributed by atoms with Gasteiger partial charge in [-0.25, -0.2) is 0 Å². The molecule has 0 radical (unpaired) electrons. The quantitative estimate of drug-likeness (QED) is 0.777. The first kappa shape index (κ1) is 13.6. The lowest BCUT2D eigenvalue weighted by Gasteiger charge is -2.28. The van der Waals surface area contributed by atoms with E-state index >= 15 is 0 Å². The van der Waals surface area contributed by atoms with Crippen LogP contribution in [-0.4, -0.2) is 38.4 Å². The molecule has 1 aromatic carbocycles. The first-order valence-electron chi connectivity index (χ1n) is 6.07. The maximum absolute atomic E-state index is 12.0. The number of methoxy groups -OCH3 is 1. The molecule has 6 heteroatoms. The summed E-state index contributed by atoms with van der Waals surface area (Å²) in [6, 6.07) is 5.06. The summed E-state index contributed by atoms with van der Waals surface area (Å²) in [5.41, 5.74) is 6.78. The zero-order valence-corrected chi connectivity index (χ0v) is 11.0. The Morgan fingerprint density at radius 1 is 1.53 bits per heavy atom. The SMILES string of the molecule is COc1ccc(N)cc1NC(=O)C(C)OC1COC1. The van der Waals surface area contributed by atoms with E-state index in [1.54, 1.807) is 25.1 Å². The number of ether oxygens (including phenoxy) is 3. The second kappa shape index (κ2) is 5.90. The lowest BCUT2D eigenvalue weighted by Crippen LogP contribution is -2.41. The van der Waals surface area contributed by atoms with Gasteiger partial charge in [0.2, 0.25) is 0 Å². The van der Waals surface area contributed by atoms with Crippen molar-refractivity contribution in [3.8, 4) is 5.75 Å². The molecular formula is C13H18N2O4. The smallest absolute Gasteiger partial charge is 0.253 e. The van der Waals surface area contributed by atoms with Crippen LogP contribution < -0.4 is 15.8 Å². The zero-order valence-electron chi connectivity index (χ0n) is 11.0. The molecule has 2 rings (SSSR count). The zero-order chi connectivity index (χ0) is 13.8. The fourth-order valence-electron chi connectivity index (χ4n) is 1.70. The average molecular weight is 266 g/mol. The maximum Gasteiger partial charge on any atom is 0.253 e. The van der Waals surface area contributed by atoms with Crippen LogP contribution in [0.25, 0.3) is 0 Å². The largest absolute Gasteiger partial charge is 0.495 e. The molecule has 0 bridgehead atoms. The van der Waals surface area contributed by atoms with E-state index in [0.29, 0.717) is 30.3 Å². The van der Waals surface area contributed by atoms with E-state index in [1.165, 1.54) is 7.11 Å². The van der Waals surface area contributed by atoms with Gasteiger partial charge >= 0.3 is 0 Å². The van der Waals surface area contributed by atoms with Crippen molar-refractivity contribution in [2.24, 2.45) is 0 Å². The molecule has 104 valence electrons. The van der Waals surface area contributed by atoms with Crippen LogP contribution in [0.4, 0.5) is 11.4 Å². The highest BCUT2D eigenvalue weighted by atomic mass is 16.6. The first-order chi connectivity index (χ1) is 9.10. The molecule has 1 aromatic rings. The van der Waals surface area contributed by atoms with Crippen molar-refractivity contribution in [2.45, 2.75) is 19.1 Å². The Bertz CT molecular complexity index is 460. The molecule has 1 saturated heterocycles. The second-order valence-electron chi connectivity index (χ2n) is 4.39. The van der Waals surface area contributed by atoms with Crippen LogP contribution in [0.1, 0.15) is 6.92 Å². The maximum atomic E-state index is 12.0. The highest BCUT2D eigenvalue weighted by molar-refractivity contribution is 5.95. The molecule has 1 amide bonds. The Labute approximate surface area is 111 Å². The van der Waals surface area contributed by atoms with E-state index in [1.807, 2.05) is 0 Å². The number of amides is 1. The molecule has 1 heterocycles. The van der Waals surface area contributed by atoms with E-state index in [2.05, 4.69) is 5.32 Å². The van der Waals surface area contributed by atoms with Gasteiger partial charge in [-0.1, -0.05) is 0 Å². The van der Waals surface area contributed by atoms with Gasteiger partial charge in [-0.05, 0) is 25.1 Å². The summed E-state index contributed by atoms with van der Waals surface area (Å²) in [6.45, 7) is 2.78. The Kier molecular flexibility index (Phi) is 4.24. The number of carbonyl (C=O) groups is 1. The minimum atomic E-state index is -0.556. The highest BCUT2D eigenvalue weighted by Crippen LogP contribution is 2.26. The molecule has 1 fully saturated rings. The van der Waals surface area contributed by atoms with Gasteiger partial charge in [0.05, 0.1) is 26.0 Å². The van der Waals surface area contributed by atoms with Crippen LogP contribution in [0.2, 0.25) is 0 Å². The van der Waals surface area contributed by atoms with Crippen molar-refractivity contribution in [3.05, 3.63) is 18.2 Å². The number of rotatable bonds is 5. The van der Waals surface area contributed by atoms with E-state index in [0.717, 1.165) is 0 Å². The molecule has 3 N–H and O–H groups in total. The summed E-state index contributed by atoms with van der Waals surface area (Å²) >= 11 is 0. The fraction of sp³-hybridized carbons (Fsp3) is 0.462. The van der Waals surface area contributed by atoms with E-state index in [9.17, 15) is 4.79 Å². The third-order valence-corrected chi connectivity index (χ3v) is 2.85. The number of anilines is 2. The monoisotopic (exact) mass is 266 g/mol. The standard InChI is InChI=1S/C13H18N2O4/c1-8(19-10-6-18-7-10)13(16)15-11-5-9(14)3-4-12(11)17-2/h3-5,8,10H,6-7,14H2,1-2H3,(H,15,16). The summed E-state index contributed by atoms with van der Waals surface area (Å²) in [5.74, 6) is 0.317. The third-order valence-electron chi connectivity index (χ3n) is 2.85. The molecule has 0 aliphatic carbocycles. The molecule has 19 heavy (non-hydrogen) atoms. The Hall–Kier alpha value is -1.79. The molecule has 0 aromatic heterocycles. The minimum absolute atomic E-state index is 0.00323. The number of hydrogen-bond donors (Lipinski definition) is 2. The van der Waals surface area contributed by atoms with E-state index in [-0.39, 0.29) is 12.0 Å². The van der Waals surface area contributed by atoms with E-state index < -0.39 is 6.10 Å². The van der Waals surface area contributed by atoms with Gasteiger partial charge in [0, 0.05) is 5.69 Å². The number of hydrogen-bond acceptors (Lipinski definition) is 5. The Morgan fingerprint density at radius 3 is 2.84 bits per heavy atom. The van der Waals surface area contributed by atoms with Crippen molar-refractivity contribution >= 4 is 17.3 Å². The predicted octanol–water partition coefficient (Wildman–Crippen LogP) is 1.02. The summed E-state index contributed by atoms with van der Waals surface area (Å²) in [5, 5.41) is 2.75. The van der Waals surface area contributed by atoms with Crippen molar-refractivity contribution in [3.63, 3.8) is 0 Å². The molecule has 1 unspecified atom stereocenters. The molecule has 1 atom stereocenters. The minimum Gasteiger partial charge on any atom is -0.495 e. The van der Waals surface area contributed by atoms with Crippen molar-refractivity contribution in [1.82, 2.24) is 0 Å². The summed E-state index contributed by atoms with van der Waals surface area (Å²) in [4.78, 5) is 12.0. The van der Waals surface area contributed by atoms with Crippen LogP contribution >= 0.6 is 0 Å². The lowest BCUT2D eigenvalue weighted by molar-refractivity contribution is -0.161. The van der Waals surface area contributed by atoms with Crippen LogP contribution in [0.3, 0.4) is 0 Å². The number of nitrogens with one attached hydrogen (secondary N) is 1. The Balaban J connectivity index is 1.98. The summed E-state index contributed by atoms with van der Waals surface area (Å²) < 4.78 is 15.7. The van der Waals surface area contributed by atoms with Crippen LogP contribution in [0, 0.1) is 0 Å². The van der Waals surface area contributed by atoms with Gasteiger partial charge in [-0.2, -0.15) is 0 Å². The number of carbonyl (C=O) groups excluding carboxylic acids is 1. The summed E-state index contributed by atoms with van der Waals surface area (Å²) in [7, 11) is 1.53. The average Bonchev–Trinajstić information content (AvgIpc) is 2.33.